The smallest absolute Gasteiger partial charge is 0.317 e. The number of urea groups is 1. The molecule has 0 bridgehead atoms. The number of carboxylic acids is 1. The second kappa shape index (κ2) is 35.7. The molecule has 16 N–H and O–H groups in total. The number of aliphatic carboxylic acids is 1. The van der Waals surface area contributed by atoms with Gasteiger partial charge in [0, 0.05) is 90.9 Å². The molecule has 7 aromatic rings. The molecule has 1 unspecified atom stereocenters. The monoisotopic (exact) mass is 1410 g/mol. The lowest BCUT2D eigenvalue weighted by Crippen LogP contribution is -2.62. The Labute approximate surface area is 580 Å². The maximum absolute atomic E-state index is 15.1. The summed E-state index contributed by atoms with van der Waals surface area (Å²) < 4.78 is 30.0. The second-order valence-corrected chi connectivity index (χ2v) is 25.8. The first-order valence-corrected chi connectivity index (χ1v) is 34.2. The Bertz CT molecular complexity index is 4150. The van der Waals surface area contributed by atoms with Gasteiger partial charge in [-0.2, -0.15) is 0 Å². The fraction of sp³-hybridized carbons (Fsp3) is 0.377. The summed E-state index contributed by atoms with van der Waals surface area (Å²) >= 11 is 0. The first-order chi connectivity index (χ1) is 47.7. The fourth-order valence-corrected chi connectivity index (χ4v) is 13.2. The summed E-state index contributed by atoms with van der Waals surface area (Å²) in [5, 5.41) is 25.0. The van der Waals surface area contributed by atoms with E-state index in [9.17, 15) is 62.6 Å². The van der Waals surface area contributed by atoms with Crippen molar-refractivity contribution >= 4 is 93.6 Å². The summed E-state index contributed by atoms with van der Waals surface area (Å²) in [5.74, 6) is -5.76. The van der Waals surface area contributed by atoms with Crippen LogP contribution in [0.3, 0.4) is 0 Å². The van der Waals surface area contributed by atoms with Crippen LogP contribution in [0.2, 0.25) is 0 Å². The molecule has 32 heteroatoms. The van der Waals surface area contributed by atoms with Crippen LogP contribution in [0.5, 0.6) is 0 Å². The highest BCUT2D eigenvalue weighted by atomic mass is 31.2. The lowest BCUT2D eigenvalue weighted by atomic mass is 9.95. The summed E-state index contributed by atoms with van der Waals surface area (Å²) in [7, 11) is -5.41. The van der Waals surface area contributed by atoms with Gasteiger partial charge in [0.05, 0.1) is 88.2 Å². The lowest BCUT2D eigenvalue weighted by molar-refractivity contribution is -0.306. The molecule has 31 nitrogen and oxygen atoms in total. The molecule has 101 heavy (non-hydrogen) atoms. The van der Waals surface area contributed by atoms with Gasteiger partial charge in [-0.3, -0.25) is 43.3 Å². The largest absolute Gasteiger partial charge is 0.773 e. The molecule has 0 saturated carbocycles. The van der Waals surface area contributed by atoms with Crippen LogP contribution >= 0.6 is 7.60 Å². The van der Waals surface area contributed by atoms with E-state index in [0.717, 1.165) is 50.7 Å². The summed E-state index contributed by atoms with van der Waals surface area (Å²) in [6.07, 6.45) is 6.42. The Balaban J connectivity index is 0.00000648. The van der Waals surface area contributed by atoms with Crippen molar-refractivity contribution in [1.82, 2.24) is 57.9 Å². The van der Waals surface area contributed by atoms with E-state index in [2.05, 4.69) is 36.1 Å². The number of piperidine rings is 1. The van der Waals surface area contributed by atoms with Gasteiger partial charge in [0.1, 0.15) is 23.8 Å². The average Bonchev–Trinajstić information content (AvgIpc) is 1.74. The second-order valence-electron chi connectivity index (χ2n) is 24.3. The predicted octanol–water partition coefficient (Wildman–Crippen LogP) is 2.59. The van der Waals surface area contributed by atoms with Crippen molar-refractivity contribution in [3.63, 3.8) is 0 Å². The Kier molecular flexibility index (Phi) is 27.0. The standard InChI is InChI=1S/C69H79N12O17P.2H3N/c70-59(82)23-21-54(63(86)76-62(44-10-3-1-4-11-44)45-12-5-2-6-13-45)74-65(88)57-22-18-50-25-28-78(42-56(67(90)81(50)57)75-64(87)55-37-49-36-46(17-20-53(49)73-55)68(91)99(93,94)95)69(92)72-26-30-96-32-34-98-35-33-97-31-29-80(51-19-24-60(83)79(41-51)43-61(84)85)66(89)48-15-9-27-77(40-48)58-39-71-38-47-14-7-8-16-52(47)58;;/h1-8,10-14,16-17,19-20,24,36-39,41,48,50,54,56-57,62,73H,9,15,18,21-23,25-35,40,42-43H2,(H2,70,82)(H,72,92)(H,74,88)(H,75,87)(H,76,86)(H,84,85)(H2,93,94,95);2*1H3/t48-,50+,54-,56-,57-;;/m1../s1. The van der Waals surface area contributed by atoms with Crippen molar-refractivity contribution in [3.05, 3.63) is 173 Å². The van der Waals surface area contributed by atoms with Crippen LogP contribution in [0, 0.1) is 5.92 Å². The first kappa shape index (κ1) is 76.5. The molecule has 3 aliphatic heterocycles. The summed E-state index contributed by atoms with van der Waals surface area (Å²) in [6.45, 7) is 0.825. The number of carbonyl (C=O) groups is 9. The van der Waals surface area contributed by atoms with Gasteiger partial charge >= 0.3 is 6.03 Å². The van der Waals surface area contributed by atoms with Crippen molar-refractivity contribution in [2.45, 2.75) is 81.7 Å². The number of nitrogens with one attached hydrogen (secondary N) is 5. The van der Waals surface area contributed by atoms with Crippen LogP contribution in [0.15, 0.2) is 145 Å². The molecular weight excluding hydrogens is 1330 g/mol. The Hall–Kier alpha value is -10.2. The number of ether oxygens (including phenoxy) is 3. The molecule has 6 heterocycles. The number of fused-ring (bicyclic) bond motifs is 3. The zero-order valence-electron chi connectivity index (χ0n) is 56.1. The molecule has 3 aliphatic rings. The van der Waals surface area contributed by atoms with Gasteiger partial charge in [0.2, 0.25) is 42.7 Å². The van der Waals surface area contributed by atoms with Gasteiger partial charge in [-0.15, -0.1) is 0 Å². The minimum absolute atomic E-state index is 0. The molecule has 4 aromatic carbocycles. The average molecular weight is 1410 g/mol. The summed E-state index contributed by atoms with van der Waals surface area (Å²) in [6, 6.07) is 27.9. The van der Waals surface area contributed by atoms with Crippen LogP contribution in [0.4, 0.5) is 16.2 Å². The molecule has 10 rings (SSSR count). The van der Waals surface area contributed by atoms with E-state index < -0.39 is 103 Å². The number of hydrogen-bond acceptors (Lipinski definition) is 18. The fourth-order valence-electron chi connectivity index (χ4n) is 12.7. The molecule has 8 amide bonds. The van der Waals surface area contributed by atoms with E-state index in [1.54, 1.807) is 12.4 Å². The molecular formula is C69H85N14O17P. The molecule has 0 spiro atoms. The SMILES string of the molecule is NC(=O)CC[C@@H](NC(=O)[C@H]1CC[C@H]2CCN(C(=O)NCCOCCOCCOCCN(C(=O)[C@@H]3CCCN(c4cncc5ccccc45)C3)c3ccc(=O)n(CC(=O)[O-])c3)C[C@@H](NC(=O)c3cc4cc(C(=O)P(=O)([O-])O)ccc4[nH]3)C(=O)N21)C(=O)NC(c1ccccc1)c1ccccc1.[NH4+].[NH4+]. The summed E-state index contributed by atoms with van der Waals surface area (Å²) in [5.41, 5.74) is 5.95. The number of pyridine rings is 2. The number of nitrogens with two attached hydrogens (primary N) is 1. The van der Waals surface area contributed by atoms with Crippen molar-refractivity contribution in [2.24, 2.45) is 11.7 Å². The maximum atomic E-state index is 15.1. The molecule has 3 saturated heterocycles. The third kappa shape index (κ3) is 19.8. The number of rotatable bonds is 30. The van der Waals surface area contributed by atoms with Gasteiger partial charge in [0.15, 0.2) is 0 Å². The minimum Gasteiger partial charge on any atom is -0.773 e. The van der Waals surface area contributed by atoms with E-state index >= 15 is 4.79 Å². The normalized spacial score (nSPS) is 17.6. The first-order valence-electron chi connectivity index (χ1n) is 32.6. The zero-order chi connectivity index (χ0) is 70.2. The van der Waals surface area contributed by atoms with Gasteiger partial charge in [0.25, 0.3) is 11.5 Å². The molecule has 3 aromatic heterocycles. The molecule has 0 aliphatic carbocycles. The Morgan fingerprint density at radius 3 is 2.14 bits per heavy atom. The highest BCUT2D eigenvalue weighted by Gasteiger charge is 2.46. The summed E-state index contributed by atoms with van der Waals surface area (Å²) in [4.78, 5) is 170. The zero-order valence-corrected chi connectivity index (χ0v) is 57.0. The number of anilines is 2. The van der Waals surface area contributed by atoms with Gasteiger partial charge < -0.3 is 107 Å². The lowest BCUT2D eigenvalue weighted by Gasteiger charge is -2.39. The number of aromatic nitrogens is 3. The van der Waals surface area contributed by atoms with Crippen molar-refractivity contribution in [3.8, 4) is 0 Å². The number of carbonyl (C=O) groups excluding carboxylic acids is 9. The minimum atomic E-state index is -5.41. The Morgan fingerprint density at radius 1 is 0.762 bits per heavy atom. The molecule has 0 radical (unpaired) electrons. The van der Waals surface area contributed by atoms with Crippen molar-refractivity contribution in [1.29, 1.82) is 0 Å². The maximum Gasteiger partial charge on any atom is 0.317 e. The molecule has 3 fully saturated rings. The number of amides is 8. The van der Waals surface area contributed by atoms with E-state index in [-0.39, 0.29) is 132 Å². The number of carboxylic acid groups (broad SMARTS) is 1. The topological polar surface area (TPSA) is 476 Å². The van der Waals surface area contributed by atoms with E-state index in [1.165, 1.54) is 45.2 Å². The molecule has 6 atom stereocenters. The van der Waals surface area contributed by atoms with Crippen molar-refractivity contribution < 1.29 is 76.8 Å². The third-order valence-corrected chi connectivity index (χ3v) is 18.4. The predicted molar refractivity (Wildman–Crippen MR) is 369 cm³/mol. The molecule has 538 valence electrons. The quantitative estimate of drug-likeness (QED) is 0.0231. The van der Waals surface area contributed by atoms with Gasteiger partial charge in [-0.1, -0.05) is 84.9 Å². The van der Waals surface area contributed by atoms with Crippen LogP contribution in [0.25, 0.3) is 21.7 Å². The Morgan fingerprint density at radius 2 is 1.45 bits per heavy atom. The third-order valence-electron chi connectivity index (χ3n) is 17.6. The number of nitrogens with zero attached hydrogens (tertiary/aromatic N) is 6. The highest BCUT2D eigenvalue weighted by Crippen LogP contribution is 2.36. The van der Waals surface area contributed by atoms with Gasteiger partial charge in [-0.05, 0) is 80.0 Å². The van der Waals surface area contributed by atoms with Gasteiger partial charge in [-0.25, -0.2) is 4.79 Å². The number of hydrogen-bond donors (Lipinski definition) is 9. The highest BCUT2D eigenvalue weighted by molar-refractivity contribution is 7.69. The van der Waals surface area contributed by atoms with Crippen molar-refractivity contribution in [2.75, 3.05) is 88.7 Å². The van der Waals surface area contributed by atoms with E-state index in [4.69, 9.17) is 19.9 Å². The van der Waals surface area contributed by atoms with Crippen LogP contribution in [-0.2, 0) is 54.1 Å². The van der Waals surface area contributed by atoms with E-state index in [0.29, 0.717) is 31.6 Å². The number of aromatic amines is 1. The van der Waals surface area contributed by atoms with Crippen LogP contribution in [0.1, 0.15) is 83.0 Å². The number of primary amides is 1. The number of H-pyrrole nitrogens is 1. The van der Waals surface area contributed by atoms with E-state index in [1.807, 2.05) is 84.9 Å². The number of quaternary nitrogens is 2. The van der Waals surface area contributed by atoms with Crippen LogP contribution < -0.4 is 64.7 Å². The van der Waals surface area contributed by atoms with Crippen LogP contribution in [-0.4, -0.2) is 185 Å². The number of benzene rings is 4.